The van der Waals surface area contributed by atoms with Crippen LogP contribution in [0.3, 0.4) is 0 Å². The van der Waals surface area contributed by atoms with E-state index in [9.17, 15) is 5.11 Å². The minimum Gasteiger partial charge on any atom is -0.409 e. The number of nitrogens with zero attached hydrogens (tertiary/aromatic N) is 2. The molecule has 1 heterocycles. The van der Waals surface area contributed by atoms with Crippen LogP contribution in [0.15, 0.2) is 5.16 Å². The molecule has 5 nitrogen and oxygen atoms in total. The van der Waals surface area contributed by atoms with Crippen LogP contribution in [-0.4, -0.2) is 46.3 Å². The number of amidine groups is 1. The van der Waals surface area contributed by atoms with Crippen LogP contribution in [0, 0.1) is 0 Å². The van der Waals surface area contributed by atoms with Gasteiger partial charge in [-0.3, -0.25) is 4.90 Å². The Labute approximate surface area is 77.8 Å². The normalized spacial score (nSPS) is 27.8. The van der Waals surface area contributed by atoms with Gasteiger partial charge in [-0.05, 0) is 13.3 Å². The van der Waals surface area contributed by atoms with Gasteiger partial charge in [0.25, 0.3) is 0 Å². The zero-order valence-electron chi connectivity index (χ0n) is 7.85. The molecule has 1 aliphatic rings. The van der Waals surface area contributed by atoms with Gasteiger partial charge in [0.1, 0.15) is 5.84 Å². The third kappa shape index (κ3) is 2.86. The molecule has 0 aliphatic carbocycles. The maximum absolute atomic E-state index is 9.29. The van der Waals surface area contributed by atoms with Crippen LogP contribution in [0.4, 0.5) is 0 Å². The first-order valence-electron chi connectivity index (χ1n) is 4.52. The van der Waals surface area contributed by atoms with Gasteiger partial charge in [0.15, 0.2) is 0 Å². The van der Waals surface area contributed by atoms with Crippen molar-refractivity contribution >= 4 is 5.84 Å². The Morgan fingerprint density at radius 3 is 2.92 bits per heavy atom. The molecule has 0 radical (unpaired) electrons. The summed E-state index contributed by atoms with van der Waals surface area (Å²) in [7, 11) is 0. The molecule has 4 N–H and O–H groups in total. The van der Waals surface area contributed by atoms with E-state index in [1.54, 1.807) is 0 Å². The van der Waals surface area contributed by atoms with E-state index >= 15 is 0 Å². The molecule has 5 heteroatoms. The van der Waals surface area contributed by atoms with Crippen molar-refractivity contribution in [1.29, 1.82) is 0 Å². The Bertz CT molecular complexity index is 196. The van der Waals surface area contributed by atoms with Crippen LogP contribution >= 0.6 is 0 Å². The first kappa shape index (κ1) is 10.3. The third-order valence-corrected chi connectivity index (χ3v) is 2.45. The van der Waals surface area contributed by atoms with Crippen LogP contribution in [0.1, 0.15) is 19.8 Å². The number of nitrogens with two attached hydrogens (primary N) is 1. The number of likely N-dealkylation sites (tertiary alicyclic amines) is 1. The standard InChI is InChI=1S/C8H17N3O2/c1-6(4-8(9)10-13)11-3-2-7(12)5-11/h6-7,12-13H,2-5H2,1H3,(H2,9,10). The lowest BCUT2D eigenvalue weighted by molar-refractivity contribution is 0.163. The Morgan fingerprint density at radius 1 is 1.77 bits per heavy atom. The molecule has 1 fully saturated rings. The molecule has 0 bridgehead atoms. The lowest BCUT2D eigenvalue weighted by atomic mass is 10.2. The molecule has 1 aliphatic heterocycles. The number of aliphatic hydroxyl groups is 1. The molecule has 1 rings (SSSR count). The van der Waals surface area contributed by atoms with Gasteiger partial charge in [0.05, 0.1) is 6.10 Å². The number of rotatable bonds is 3. The largest absolute Gasteiger partial charge is 0.409 e. The second kappa shape index (κ2) is 4.43. The maximum Gasteiger partial charge on any atom is 0.140 e. The van der Waals surface area contributed by atoms with E-state index in [0.29, 0.717) is 13.0 Å². The van der Waals surface area contributed by atoms with Crippen LogP contribution in [0.5, 0.6) is 0 Å². The molecule has 13 heavy (non-hydrogen) atoms. The summed E-state index contributed by atoms with van der Waals surface area (Å²) in [4.78, 5) is 2.14. The number of hydrogen-bond acceptors (Lipinski definition) is 4. The van der Waals surface area contributed by atoms with Crippen molar-refractivity contribution in [2.45, 2.75) is 31.9 Å². The maximum atomic E-state index is 9.29. The highest BCUT2D eigenvalue weighted by molar-refractivity contribution is 5.80. The molecule has 0 amide bonds. The second-order valence-electron chi connectivity index (χ2n) is 3.58. The lowest BCUT2D eigenvalue weighted by Crippen LogP contribution is -2.35. The molecule has 0 aromatic heterocycles. The molecule has 2 unspecified atom stereocenters. The lowest BCUT2D eigenvalue weighted by Gasteiger charge is -2.22. The Balaban J connectivity index is 2.35. The number of aliphatic hydroxyl groups excluding tert-OH is 1. The summed E-state index contributed by atoms with van der Waals surface area (Å²) in [6.07, 6.45) is 1.15. The molecular weight excluding hydrogens is 170 g/mol. The summed E-state index contributed by atoms with van der Waals surface area (Å²) in [5, 5.41) is 20.6. The van der Waals surface area contributed by atoms with E-state index in [2.05, 4.69) is 10.1 Å². The first-order valence-corrected chi connectivity index (χ1v) is 4.52. The minimum atomic E-state index is -0.213. The van der Waals surface area contributed by atoms with Gasteiger partial charge in [-0.15, -0.1) is 0 Å². The quantitative estimate of drug-likeness (QED) is 0.242. The molecule has 0 spiro atoms. The van der Waals surface area contributed by atoms with E-state index in [1.807, 2.05) is 6.92 Å². The number of hydrogen-bond donors (Lipinski definition) is 3. The second-order valence-corrected chi connectivity index (χ2v) is 3.58. The number of β-amino-alcohol motifs (C(OH)–C–C–N with tert-alkyl or cyclic N) is 1. The van der Waals surface area contributed by atoms with Crippen molar-refractivity contribution < 1.29 is 10.3 Å². The Kier molecular flexibility index (Phi) is 3.50. The highest BCUT2D eigenvalue weighted by atomic mass is 16.4. The fourth-order valence-corrected chi connectivity index (χ4v) is 1.64. The molecule has 1 saturated heterocycles. The molecule has 0 saturated carbocycles. The van der Waals surface area contributed by atoms with Crippen LogP contribution in [0.2, 0.25) is 0 Å². The van der Waals surface area contributed by atoms with Gasteiger partial charge in [-0.25, -0.2) is 0 Å². The van der Waals surface area contributed by atoms with Gasteiger partial charge in [0.2, 0.25) is 0 Å². The molecule has 0 aromatic rings. The average molecular weight is 187 g/mol. The van der Waals surface area contributed by atoms with Crippen LogP contribution in [0.25, 0.3) is 0 Å². The summed E-state index contributed by atoms with van der Waals surface area (Å²) in [5.74, 6) is 0.244. The first-order chi connectivity index (χ1) is 6.13. The Hall–Kier alpha value is -0.810. The van der Waals surface area contributed by atoms with Crippen molar-refractivity contribution in [2.75, 3.05) is 13.1 Å². The van der Waals surface area contributed by atoms with E-state index in [-0.39, 0.29) is 18.0 Å². The summed E-state index contributed by atoms with van der Waals surface area (Å²) in [5.41, 5.74) is 5.39. The highest BCUT2D eigenvalue weighted by Gasteiger charge is 2.24. The third-order valence-electron chi connectivity index (χ3n) is 2.45. The van der Waals surface area contributed by atoms with E-state index in [1.165, 1.54) is 0 Å². The van der Waals surface area contributed by atoms with Crippen LogP contribution < -0.4 is 5.73 Å². The average Bonchev–Trinajstić information content (AvgIpc) is 2.51. The predicted molar refractivity (Wildman–Crippen MR) is 49.7 cm³/mol. The van der Waals surface area contributed by atoms with Crippen molar-refractivity contribution in [3.8, 4) is 0 Å². The SMILES string of the molecule is CC(CC(N)=NO)N1CCC(O)C1. The number of oxime groups is 1. The van der Waals surface area contributed by atoms with Gasteiger partial charge in [0, 0.05) is 25.6 Å². The van der Waals surface area contributed by atoms with Crippen molar-refractivity contribution in [3.05, 3.63) is 0 Å². The molecule has 76 valence electrons. The zero-order chi connectivity index (χ0) is 9.84. The molecule has 0 aromatic carbocycles. The highest BCUT2D eigenvalue weighted by Crippen LogP contribution is 2.14. The fraction of sp³-hybridized carbons (Fsp3) is 0.875. The monoisotopic (exact) mass is 187 g/mol. The Morgan fingerprint density at radius 2 is 2.46 bits per heavy atom. The van der Waals surface area contributed by atoms with E-state index in [0.717, 1.165) is 13.0 Å². The van der Waals surface area contributed by atoms with E-state index < -0.39 is 0 Å². The smallest absolute Gasteiger partial charge is 0.140 e. The van der Waals surface area contributed by atoms with Crippen molar-refractivity contribution in [2.24, 2.45) is 10.9 Å². The van der Waals surface area contributed by atoms with Gasteiger partial charge >= 0.3 is 0 Å². The summed E-state index contributed by atoms with van der Waals surface area (Å²) >= 11 is 0. The van der Waals surface area contributed by atoms with Gasteiger partial charge in [-0.2, -0.15) is 0 Å². The predicted octanol–water partition coefficient (Wildman–Crippen LogP) is -0.422. The zero-order valence-corrected chi connectivity index (χ0v) is 7.85. The molecule has 2 atom stereocenters. The van der Waals surface area contributed by atoms with Crippen LogP contribution in [-0.2, 0) is 0 Å². The summed E-state index contributed by atoms with van der Waals surface area (Å²) < 4.78 is 0. The van der Waals surface area contributed by atoms with Gasteiger partial charge in [-0.1, -0.05) is 5.16 Å². The van der Waals surface area contributed by atoms with Crippen molar-refractivity contribution in [3.63, 3.8) is 0 Å². The molecular formula is C8H17N3O2. The van der Waals surface area contributed by atoms with E-state index in [4.69, 9.17) is 10.9 Å². The summed E-state index contributed by atoms with van der Waals surface area (Å²) in [6.45, 7) is 3.59. The summed E-state index contributed by atoms with van der Waals surface area (Å²) in [6, 6.07) is 0.230. The van der Waals surface area contributed by atoms with Gasteiger partial charge < -0.3 is 16.0 Å². The minimum absolute atomic E-state index is 0.213. The van der Waals surface area contributed by atoms with Crippen molar-refractivity contribution in [1.82, 2.24) is 4.90 Å². The topological polar surface area (TPSA) is 82.1 Å². The fourth-order valence-electron chi connectivity index (χ4n) is 1.64.